The first-order valence-corrected chi connectivity index (χ1v) is 7.66. The number of halogens is 1. The molecule has 1 saturated heterocycles. The molecule has 3 N–H and O–H groups in total. The second kappa shape index (κ2) is 6.12. The summed E-state index contributed by atoms with van der Waals surface area (Å²) in [7, 11) is 0. The average Bonchev–Trinajstić information content (AvgIpc) is 3.02. The number of nitrogens with zero attached hydrogens (tertiary/aromatic N) is 1. The highest BCUT2D eigenvalue weighted by atomic mass is 19.1. The molecule has 3 atom stereocenters. The van der Waals surface area contributed by atoms with Crippen molar-refractivity contribution in [2.45, 2.75) is 25.3 Å². The van der Waals surface area contributed by atoms with Crippen LogP contribution in [0, 0.1) is 17.7 Å². The van der Waals surface area contributed by atoms with Crippen molar-refractivity contribution in [2.75, 3.05) is 25.0 Å². The fraction of sp³-hybridized carbons (Fsp3) is 0.562. The molecule has 2 fully saturated rings. The predicted molar refractivity (Wildman–Crippen MR) is 80.3 cm³/mol. The summed E-state index contributed by atoms with van der Waals surface area (Å²) in [5.74, 6) is 0.767. The van der Waals surface area contributed by atoms with Crippen LogP contribution in [0.15, 0.2) is 24.3 Å². The highest BCUT2D eigenvalue weighted by molar-refractivity contribution is 5.90. The van der Waals surface area contributed by atoms with Crippen LogP contribution in [-0.2, 0) is 4.79 Å². The number of fused-ring (bicyclic) bond motifs is 1. The molecule has 1 saturated carbocycles. The molecule has 2 aliphatic rings. The van der Waals surface area contributed by atoms with Gasteiger partial charge in [0.05, 0.1) is 5.69 Å². The molecule has 1 heterocycles. The highest BCUT2D eigenvalue weighted by Crippen LogP contribution is 2.36. The van der Waals surface area contributed by atoms with Crippen LogP contribution in [0.3, 0.4) is 0 Å². The summed E-state index contributed by atoms with van der Waals surface area (Å²) in [6, 6.07) is 6.57. The third-order valence-corrected chi connectivity index (χ3v) is 4.79. The maximum absolute atomic E-state index is 13.5. The number of carbonyl (C=O) groups excluding carboxylic acids is 1. The Balaban J connectivity index is 1.46. The van der Waals surface area contributed by atoms with Gasteiger partial charge in [-0.25, -0.2) is 4.39 Å². The predicted octanol–water partition coefficient (Wildman–Crippen LogP) is 1.82. The number of benzene rings is 1. The number of amides is 1. The summed E-state index contributed by atoms with van der Waals surface area (Å²) in [5.41, 5.74) is 6.36. The van der Waals surface area contributed by atoms with Gasteiger partial charge in [-0.1, -0.05) is 12.1 Å². The van der Waals surface area contributed by atoms with E-state index in [0.29, 0.717) is 24.3 Å². The van der Waals surface area contributed by atoms with Gasteiger partial charge < -0.3 is 16.0 Å². The van der Waals surface area contributed by atoms with E-state index in [1.54, 1.807) is 18.2 Å². The fourth-order valence-electron chi connectivity index (χ4n) is 3.62. The maximum atomic E-state index is 13.5. The number of carbonyl (C=O) groups is 1. The third kappa shape index (κ3) is 3.24. The van der Waals surface area contributed by atoms with E-state index in [-0.39, 0.29) is 11.6 Å². The molecule has 1 aromatic rings. The normalized spacial score (nSPS) is 28.6. The SMILES string of the molecule is NC1CCC2CN(CCC(=O)Nc3ccccc3F)CC12. The largest absolute Gasteiger partial charge is 0.327 e. The van der Waals surface area contributed by atoms with Crippen LogP contribution >= 0.6 is 0 Å². The minimum absolute atomic E-state index is 0.138. The summed E-state index contributed by atoms with van der Waals surface area (Å²) >= 11 is 0. The van der Waals surface area contributed by atoms with Gasteiger partial charge in [0.2, 0.25) is 5.91 Å². The Morgan fingerprint density at radius 3 is 2.90 bits per heavy atom. The topological polar surface area (TPSA) is 58.4 Å². The van der Waals surface area contributed by atoms with E-state index in [1.807, 2.05) is 0 Å². The summed E-state index contributed by atoms with van der Waals surface area (Å²) in [5, 5.41) is 2.63. The first kappa shape index (κ1) is 14.5. The number of likely N-dealkylation sites (tertiary alicyclic amines) is 1. The molecule has 1 amide bonds. The monoisotopic (exact) mass is 291 g/mol. The van der Waals surface area contributed by atoms with Crippen LogP contribution < -0.4 is 11.1 Å². The second-order valence-electron chi connectivity index (χ2n) is 6.20. The van der Waals surface area contributed by atoms with Gasteiger partial charge in [0.1, 0.15) is 5.82 Å². The molecule has 1 aliphatic heterocycles. The average molecular weight is 291 g/mol. The fourth-order valence-corrected chi connectivity index (χ4v) is 3.62. The van der Waals surface area contributed by atoms with E-state index >= 15 is 0 Å². The standard InChI is InChI=1S/C16H22FN3O/c17-13-3-1-2-4-15(13)19-16(21)7-8-20-9-11-5-6-14(18)12(11)10-20/h1-4,11-12,14H,5-10,18H2,(H,19,21). The molecule has 5 heteroatoms. The Kier molecular flexibility index (Phi) is 4.22. The molecule has 3 rings (SSSR count). The van der Waals surface area contributed by atoms with Gasteiger partial charge in [0.15, 0.2) is 0 Å². The Bertz CT molecular complexity index is 522. The van der Waals surface area contributed by atoms with Gasteiger partial charge in [-0.15, -0.1) is 0 Å². The van der Waals surface area contributed by atoms with Crippen molar-refractivity contribution in [3.8, 4) is 0 Å². The van der Waals surface area contributed by atoms with Crippen molar-refractivity contribution >= 4 is 11.6 Å². The van der Waals surface area contributed by atoms with Crippen LogP contribution in [0.2, 0.25) is 0 Å². The Hall–Kier alpha value is -1.46. The van der Waals surface area contributed by atoms with Gasteiger partial charge >= 0.3 is 0 Å². The minimum atomic E-state index is -0.396. The van der Waals surface area contributed by atoms with Gasteiger partial charge in [0, 0.05) is 32.1 Å². The van der Waals surface area contributed by atoms with E-state index in [0.717, 1.165) is 26.1 Å². The van der Waals surface area contributed by atoms with Crippen molar-refractivity contribution in [3.63, 3.8) is 0 Å². The molecule has 21 heavy (non-hydrogen) atoms. The molecule has 4 nitrogen and oxygen atoms in total. The molecule has 0 radical (unpaired) electrons. The van der Waals surface area contributed by atoms with Crippen LogP contribution in [0.4, 0.5) is 10.1 Å². The quantitative estimate of drug-likeness (QED) is 0.889. The summed E-state index contributed by atoms with van der Waals surface area (Å²) in [6.07, 6.45) is 2.74. The number of hydrogen-bond acceptors (Lipinski definition) is 3. The van der Waals surface area contributed by atoms with Gasteiger partial charge in [-0.3, -0.25) is 4.79 Å². The molecule has 114 valence electrons. The van der Waals surface area contributed by atoms with Crippen LogP contribution in [0.1, 0.15) is 19.3 Å². The van der Waals surface area contributed by atoms with E-state index < -0.39 is 5.82 Å². The number of nitrogens with two attached hydrogens (primary N) is 1. The first-order chi connectivity index (χ1) is 10.1. The Labute approximate surface area is 124 Å². The van der Waals surface area contributed by atoms with Crippen molar-refractivity contribution in [1.29, 1.82) is 0 Å². The lowest BCUT2D eigenvalue weighted by Crippen LogP contribution is -2.31. The van der Waals surface area contributed by atoms with Crippen molar-refractivity contribution in [1.82, 2.24) is 4.90 Å². The third-order valence-electron chi connectivity index (χ3n) is 4.79. The zero-order chi connectivity index (χ0) is 14.8. The first-order valence-electron chi connectivity index (χ1n) is 7.66. The maximum Gasteiger partial charge on any atom is 0.225 e. The van der Waals surface area contributed by atoms with E-state index in [4.69, 9.17) is 5.73 Å². The molecular weight excluding hydrogens is 269 g/mol. The summed E-state index contributed by atoms with van der Waals surface area (Å²) < 4.78 is 13.5. The lowest BCUT2D eigenvalue weighted by Gasteiger charge is -2.18. The van der Waals surface area contributed by atoms with Crippen LogP contribution in [0.5, 0.6) is 0 Å². The van der Waals surface area contributed by atoms with Crippen molar-refractivity contribution in [3.05, 3.63) is 30.1 Å². The summed E-state index contributed by atoms with van der Waals surface area (Å²) in [6.45, 7) is 2.77. The van der Waals surface area contributed by atoms with Crippen molar-refractivity contribution in [2.24, 2.45) is 17.6 Å². The molecular formula is C16H22FN3O. The van der Waals surface area contributed by atoms with Gasteiger partial charge in [-0.05, 0) is 36.8 Å². The number of hydrogen-bond donors (Lipinski definition) is 2. The summed E-state index contributed by atoms with van der Waals surface area (Å²) in [4.78, 5) is 14.2. The van der Waals surface area contributed by atoms with Gasteiger partial charge in [0.25, 0.3) is 0 Å². The van der Waals surface area contributed by atoms with Crippen LogP contribution in [0.25, 0.3) is 0 Å². The Morgan fingerprint density at radius 1 is 1.33 bits per heavy atom. The molecule has 1 aliphatic carbocycles. The van der Waals surface area contributed by atoms with E-state index in [9.17, 15) is 9.18 Å². The Morgan fingerprint density at radius 2 is 2.14 bits per heavy atom. The smallest absolute Gasteiger partial charge is 0.225 e. The van der Waals surface area contributed by atoms with Crippen LogP contribution in [-0.4, -0.2) is 36.5 Å². The van der Waals surface area contributed by atoms with Gasteiger partial charge in [-0.2, -0.15) is 0 Å². The lowest BCUT2D eigenvalue weighted by atomic mass is 9.98. The minimum Gasteiger partial charge on any atom is -0.327 e. The van der Waals surface area contributed by atoms with E-state index in [1.165, 1.54) is 12.5 Å². The molecule has 1 aromatic carbocycles. The molecule has 3 unspecified atom stereocenters. The zero-order valence-electron chi connectivity index (χ0n) is 12.1. The van der Waals surface area contributed by atoms with Crippen molar-refractivity contribution < 1.29 is 9.18 Å². The van der Waals surface area contributed by atoms with E-state index in [2.05, 4.69) is 10.2 Å². The molecule has 0 bridgehead atoms. The second-order valence-corrected chi connectivity index (χ2v) is 6.20. The molecule has 0 aromatic heterocycles. The number of rotatable bonds is 4. The highest BCUT2D eigenvalue weighted by Gasteiger charge is 2.40. The number of anilines is 1. The number of nitrogens with one attached hydrogen (secondary N) is 1. The number of para-hydroxylation sites is 1. The zero-order valence-corrected chi connectivity index (χ0v) is 12.1. The molecule has 0 spiro atoms. The lowest BCUT2D eigenvalue weighted by molar-refractivity contribution is -0.116.